The molecule has 2 aromatic rings. The van der Waals surface area contributed by atoms with E-state index in [1.54, 1.807) is 7.11 Å². The van der Waals surface area contributed by atoms with Crippen molar-refractivity contribution in [1.82, 2.24) is 9.97 Å². The normalized spacial score (nSPS) is 10.3. The van der Waals surface area contributed by atoms with Crippen LogP contribution in [0.25, 0.3) is 0 Å². The van der Waals surface area contributed by atoms with E-state index in [0.29, 0.717) is 5.82 Å². The van der Waals surface area contributed by atoms with Crippen LogP contribution >= 0.6 is 15.9 Å². The minimum atomic E-state index is 0.619. The lowest BCUT2D eigenvalue weighted by Gasteiger charge is -2.14. The predicted octanol–water partition coefficient (Wildman–Crippen LogP) is 3.15. The molecule has 0 saturated heterocycles. The molecule has 0 aliphatic rings. The van der Waals surface area contributed by atoms with Crippen LogP contribution in [0.2, 0.25) is 0 Å². The van der Waals surface area contributed by atoms with Crippen molar-refractivity contribution >= 4 is 33.3 Å². The molecule has 112 valence electrons. The standard InChI is InChI=1S/C14H18BrN5O/c1-4-12-18-13(8(2)14(19-12)20-16)17-9-5-6-10(15)11(7-9)21-3/h5-7H,4,16H2,1-3H3,(H2,17,18,19,20). The molecule has 4 N–H and O–H groups in total. The molecule has 1 aromatic carbocycles. The van der Waals surface area contributed by atoms with Crippen molar-refractivity contribution in [2.24, 2.45) is 5.84 Å². The van der Waals surface area contributed by atoms with Crippen LogP contribution in [0.5, 0.6) is 5.75 Å². The maximum absolute atomic E-state index is 5.51. The number of anilines is 3. The van der Waals surface area contributed by atoms with Gasteiger partial charge in [0.1, 0.15) is 23.2 Å². The summed E-state index contributed by atoms with van der Waals surface area (Å²) < 4.78 is 6.19. The van der Waals surface area contributed by atoms with Gasteiger partial charge in [-0.15, -0.1) is 0 Å². The van der Waals surface area contributed by atoms with Gasteiger partial charge in [0, 0.05) is 23.7 Å². The lowest BCUT2D eigenvalue weighted by molar-refractivity contribution is 0.412. The van der Waals surface area contributed by atoms with Crippen LogP contribution in [0.15, 0.2) is 22.7 Å². The molecule has 0 radical (unpaired) electrons. The molecule has 0 atom stereocenters. The summed E-state index contributed by atoms with van der Waals surface area (Å²) in [6, 6.07) is 5.75. The van der Waals surface area contributed by atoms with Crippen molar-refractivity contribution in [1.29, 1.82) is 0 Å². The van der Waals surface area contributed by atoms with Gasteiger partial charge in [0.2, 0.25) is 0 Å². The predicted molar refractivity (Wildman–Crippen MR) is 87.9 cm³/mol. The first-order valence-electron chi connectivity index (χ1n) is 6.53. The summed E-state index contributed by atoms with van der Waals surface area (Å²) in [6.07, 6.45) is 0.729. The summed E-state index contributed by atoms with van der Waals surface area (Å²) in [4.78, 5) is 8.84. The summed E-state index contributed by atoms with van der Waals surface area (Å²) in [5, 5.41) is 3.28. The Morgan fingerprint density at radius 3 is 2.62 bits per heavy atom. The van der Waals surface area contributed by atoms with E-state index in [1.807, 2.05) is 32.0 Å². The average molecular weight is 352 g/mol. The zero-order valence-corrected chi connectivity index (χ0v) is 13.8. The average Bonchev–Trinajstić information content (AvgIpc) is 2.51. The number of nitrogens with two attached hydrogens (primary N) is 1. The smallest absolute Gasteiger partial charge is 0.148 e. The first-order valence-corrected chi connectivity index (χ1v) is 7.33. The Hall–Kier alpha value is -1.86. The van der Waals surface area contributed by atoms with E-state index in [2.05, 4.69) is 36.6 Å². The van der Waals surface area contributed by atoms with E-state index >= 15 is 0 Å². The molecule has 1 aromatic heterocycles. The Morgan fingerprint density at radius 1 is 1.29 bits per heavy atom. The van der Waals surface area contributed by atoms with Gasteiger partial charge in [-0.3, -0.25) is 0 Å². The Balaban J connectivity index is 2.38. The SMILES string of the molecule is CCc1nc(NN)c(C)c(Nc2ccc(Br)c(OC)c2)n1. The third kappa shape index (κ3) is 3.43. The van der Waals surface area contributed by atoms with Crippen LogP contribution in [0.3, 0.4) is 0 Å². The number of aryl methyl sites for hydroxylation is 1. The minimum absolute atomic E-state index is 0.619. The maximum Gasteiger partial charge on any atom is 0.148 e. The number of hydrogen-bond acceptors (Lipinski definition) is 6. The lowest BCUT2D eigenvalue weighted by Crippen LogP contribution is -2.13. The number of aromatic nitrogens is 2. The third-order valence-corrected chi connectivity index (χ3v) is 3.71. The first-order chi connectivity index (χ1) is 10.1. The van der Waals surface area contributed by atoms with Crippen molar-refractivity contribution in [2.45, 2.75) is 20.3 Å². The highest BCUT2D eigenvalue weighted by atomic mass is 79.9. The van der Waals surface area contributed by atoms with Crippen molar-refractivity contribution in [3.05, 3.63) is 34.1 Å². The van der Waals surface area contributed by atoms with Crippen LogP contribution in [-0.4, -0.2) is 17.1 Å². The molecular weight excluding hydrogens is 334 g/mol. The summed E-state index contributed by atoms with van der Waals surface area (Å²) in [5.74, 6) is 8.32. The zero-order chi connectivity index (χ0) is 15.4. The molecule has 0 saturated carbocycles. The molecule has 2 rings (SSSR count). The van der Waals surface area contributed by atoms with Gasteiger partial charge in [-0.05, 0) is 35.0 Å². The Kier molecular flexibility index (Phi) is 4.98. The van der Waals surface area contributed by atoms with Crippen LogP contribution in [0.4, 0.5) is 17.3 Å². The topological polar surface area (TPSA) is 85.1 Å². The Labute approximate surface area is 132 Å². The number of rotatable bonds is 5. The lowest BCUT2D eigenvalue weighted by atomic mass is 10.2. The fraction of sp³-hybridized carbons (Fsp3) is 0.286. The monoisotopic (exact) mass is 351 g/mol. The molecule has 21 heavy (non-hydrogen) atoms. The van der Waals surface area contributed by atoms with Gasteiger partial charge < -0.3 is 15.5 Å². The Bertz CT molecular complexity index is 648. The minimum Gasteiger partial charge on any atom is -0.495 e. The second kappa shape index (κ2) is 6.73. The molecule has 6 nitrogen and oxygen atoms in total. The van der Waals surface area contributed by atoms with E-state index in [4.69, 9.17) is 10.6 Å². The highest BCUT2D eigenvalue weighted by Crippen LogP contribution is 2.30. The number of nitrogen functional groups attached to an aromatic ring is 1. The number of nitrogens with one attached hydrogen (secondary N) is 2. The van der Waals surface area contributed by atoms with Gasteiger partial charge in [0.05, 0.1) is 11.6 Å². The number of halogens is 1. The molecule has 1 heterocycles. The second-order valence-electron chi connectivity index (χ2n) is 4.43. The van der Waals surface area contributed by atoms with Gasteiger partial charge in [0.15, 0.2) is 0 Å². The zero-order valence-electron chi connectivity index (χ0n) is 12.2. The van der Waals surface area contributed by atoms with Gasteiger partial charge in [-0.1, -0.05) is 6.92 Å². The summed E-state index contributed by atoms with van der Waals surface area (Å²) in [6.45, 7) is 3.91. The molecule has 0 amide bonds. The van der Waals surface area contributed by atoms with E-state index in [1.165, 1.54) is 0 Å². The molecule has 7 heteroatoms. The third-order valence-electron chi connectivity index (χ3n) is 3.06. The van der Waals surface area contributed by atoms with Crippen molar-refractivity contribution < 1.29 is 4.74 Å². The summed E-state index contributed by atoms with van der Waals surface area (Å²) in [7, 11) is 1.63. The number of hydrogen-bond donors (Lipinski definition) is 3. The van der Waals surface area contributed by atoms with E-state index in [0.717, 1.165) is 39.5 Å². The van der Waals surface area contributed by atoms with Crippen LogP contribution in [0, 0.1) is 6.92 Å². The maximum atomic E-state index is 5.51. The van der Waals surface area contributed by atoms with Crippen LogP contribution in [-0.2, 0) is 6.42 Å². The molecule has 0 fully saturated rings. The number of hydrazine groups is 1. The van der Waals surface area contributed by atoms with Gasteiger partial charge in [-0.25, -0.2) is 15.8 Å². The van der Waals surface area contributed by atoms with Gasteiger partial charge in [0.25, 0.3) is 0 Å². The quantitative estimate of drug-likeness (QED) is 0.566. The molecule has 0 aliphatic heterocycles. The number of ether oxygens (including phenoxy) is 1. The molecule has 0 unspecified atom stereocenters. The van der Waals surface area contributed by atoms with Gasteiger partial charge >= 0.3 is 0 Å². The number of benzene rings is 1. The van der Waals surface area contributed by atoms with Crippen LogP contribution in [0.1, 0.15) is 18.3 Å². The number of nitrogens with zero attached hydrogens (tertiary/aromatic N) is 2. The molecule has 0 spiro atoms. The molecule has 0 aliphatic carbocycles. The Morgan fingerprint density at radius 2 is 2.00 bits per heavy atom. The highest BCUT2D eigenvalue weighted by molar-refractivity contribution is 9.10. The largest absolute Gasteiger partial charge is 0.495 e. The van der Waals surface area contributed by atoms with E-state index < -0.39 is 0 Å². The molecule has 0 bridgehead atoms. The van der Waals surface area contributed by atoms with Crippen molar-refractivity contribution in [3.8, 4) is 5.75 Å². The molecular formula is C14H18BrN5O. The highest BCUT2D eigenvalue weighted by Gasteiger charge is 2.10. The number of methoxy groups -OCH3 is 1. The first kappa shape index (κ1) is 15.5. The van der Waals surface area contributed by atoms with Crippen molar-refractivity contribution in [3.63, 3.8) is 0 Å². The second-order valence-corrected chi connectivity index (χ2v) is 5.29. The fourth-order valence-electron chi connectivity index (χ4n) is 1.86. The van der Waals surface area contributed by atoms with Crippen LogP contribution < -0.4 is 21.3 Å². The summed E-state index contributed by atoms with van der Waals surface area (Å²) in [5.41, 5.74) is 4.34. The van der Waals surface area contributed by atoms with Crippen molar-refractivity contribution in [2.75, 3.05) is 17.9 Å². The van der Waals surface area contributed by atoms with E-state index in [-0.39, 0.29) is 0 Å². The van der Waals surface area contributed by atoms with E-state index in [9.17, 15) is 0 Å². The summed E-state index contributed by atoms with van der Waals surface area (Å²) >= 11 is 3.43. The van der Waals surface area contributed by atoms with Gasteiger partial charge in [-0.2, -0.15) is 0 Å². The fourth-order valence-corrected chi connectivity index (χ4v) is 2.27.